The summed E-state index contributed by atoms with van der Waals surface area (Å²) >= 11 is 0. The Balaban J connectivity index is 4.81. The molecule has 12 heteroatoms. The third-order valence-electron chi connectivity index (χ3n) is 10.6. The van der Waals surface area contributed by atoms with Gasteiger partial charge >= 0.3 is 25.7 Å². The lowest BCUT2D eigenvalue weighted by molar-refractivity contribution is -0.161. The molecular weight excluding hydrogens is 856 g/mol. The van der Waals surface area contributed by atoms with Crippen LogP contribution in [0.4, 0.5) is 0 Å². The minimum atomic E-state index is -4.75. The van der Waals surface area contributed by atoms with E-state index < -0.39 is 57.8 Å². The maximum absolute atomic E-state index is 12.8. The Hall–Kier alpha value is -3.08. The van der Waals surface area contributed by atoms with Gasteiger partial charge in [-0.15, -0.1) is 0 Å². The first-order valence-corrected chi connectivity index (χ1v) is 27.3. The van der Waals surface area contributed by atoms with Gasteiger partial charge in [-0.2, -0.15) is 0 Å². The van der Waals surface area contributed by atoms with Gasteiger partial charge in [0.2, 0.25) is 0 Å². The first kappa shape index (κ1) is 62.9. The number of carbonyl (C=O) groups is 3. The molecule has 11 nitrogen and oxygen atoms in total. The molecule has 0 bridgehead atoms. The van der Waals surface area contributed by atoms with Gasteiger partial charge in [-0.3, -0.25) is 23.4 Å². The molecular formula is C54H93O11P. The van der Waals surface area contributed by atoms with Crippen molar-refractivity contribution in [2.24, 2.45) is 0 Å². The molecule has 0 rings (SSSR count). The van der Waals surface area contributed by atoms with Crippen molar-refractivity contribution in [3.63, 3.8) is 0 Å². The van der Waals surface area contributed by atoms with Gasteiger partial charge in [-0.25, -0.2) is 4.57 Å². The van der Waals surface area contributed by atoms with Crippen LogP contribution in [0.5, 0.6) is 0 Å². The van der Waals surface area contributed by atoms with E-state index in [0.717, 1.165) is 109 Å². The summed E-state index contributed by atoms with van der Waals surface area (Å²) < 4.78 is 39.3. The molecule has 0 saturated carbocycles. The largest absolute Gasteiger partial charge is 0.472 e. The summed E-state index contributed by atoms with van der Waals surface area (Å²) in [5, 5.41) is 9.76. The third kappa shape index (κ3) is 46.0. The number of allylic oxidation sites excluding steroid dienone is 12. The van der Waals surface area contributed by atoms with Crippen LogP contribution in [-0.2, 0) is 42.2 Å². The topological polar surface area (TPSA) is 155 Å². The second-order valence-corrected chi connectivity index (χ2v) is 18.4. The molecule has 0 aliphatic heterocycles. The summed E-state index contributed by atoms with van der Waals surface area (Å²) in [7, 11) is -4.75. The van der Waals surface area contributed by atoms with Gasteiger partial charge in [0, 0.05) is 19.3 Å². The lowest BCUT2D eigenvalue weighted by Gasteiger charge is -2.21. The van der Waals surface area contributed by atoms with Crippen LogP contribution >= 0.6 is 7.82 Å². The van der Waals surface area contributed by atoms with E-state index in [1.54, 1.807) is 0 Å². The van der Waals surface area contributed by atoms with Crippen molar-refractivity contribution in [2.45, 2.75) is 226 Å². The highest BCUT2D eigenvalue weighted by molar-refractivity contribution is 7.47. The number of ether oxygens (including phenoxy) is 3. The Bertz CT molecular complexity index is 1390. The fourth-order valence-corrected chi connectivity index (χ4v) is 7.52. The van der Waals surface area contributed by atoms with Crippen molar-refractivity contribution < 1.29 is 52.2 Å². The van der Waals surface area contributed by atoms with E-state index in [1.807, 2.05) is 0 Å². The van der Waals surface area contributed by atoms with E-state index in [9.17, 15) is 28.9 Å². The number of hydrogen-bond acceptors (Lipinski definition) is 10. The number of hydrogen-bond donors (Lipinski definition) is 2. The van der Waals surface area contributed by atoms with E-state index in [0.29, 0.717) is 19.3 Å². The van der Waals surface area contributed by atoms with Crippen molar-refractivity contribution in [2.75, 3.05) is 26.4 Å². The maximum Gasteiger partial charge on any atom is 0.472 e. The summed E-state index contributed by atoms with van der Waals surface area (Å²) in [6.07, 6.45) is 51.6. The highest BCUT2D eigenvalue weighted by Crippen LogP contribution is 2.43. The number of aliphatic hydroxyl groups excluding tert-OH is 1. The fraction of sp³-hybridized carbons (Fsp3) is 0.722. The van der Waals surface area contributed by atoms with Crippen LogP contribution in [0.25, 0.3) is 0 Å². The summed E-state index contributed by atoms with van der Waals surface area (Å²) in [4.78, 5) is 48.3. The number of unbranched alkanes of at least 4 members (excludes halogenated alkanes) is 18. The number of rotatable bonds is 47. The van der Waals surface area contributed by atoms with E-state index in [2.05, 4.69) is 93.7 Å². The van der Waals surface area contributed by atoms with Crippen LogP contribution in [0.2, 0.25) is 0 Å². The fourth-order valence-electron chi connectivity index (χ4n) is 6.74. The molecule has 2 N–H and O–H groups in total. The zero-order valence-corrected chi connectivity index (χ0v) is 42.5. The predicted octanol–water partition coefficient (Wildman–Crippen LogP) is 14.6. The molecule has 0 fully saturated rings. The Labute approximate surface area is 401 Å². The van der Waals surface area contributed by atoms with E-state index in [4.69, 9.17) is 23.3 Å². The lowest BCUT2D eigenvalue weighted by atomic mass is 10.1. The van der Waals surface area contributed by atoms with Gasteiger partial charge in [0.15, 0.2) is 6.10 Å². The van der Waals surface area contributed by atoms with E-state index in [-0.39, 0.29) is 25.9 Å². The van der Waals surface area contributed by atoms with Crippen molar-refractivity contribution in [1.82, 2.24) is 0 Å². The van der Waals surface area contributed by atoms with Crippen LogP contribution in [0.15, 0.2) is 72.9 Å². The van der Waals surface area contributed by atoms with E-state index >= 15 is 0 Å². The predicted molar refractivity (Wildman–Crippen MR) is 270 cm³/mol. The highest BCUT2D eigenvalue weighted by atomic mass is 31.2. The molecule has 0 heterocycles. The second-order valence-electron chi connectivity index (χ2n) is 16.9. The van der Waals surface area contributed by atoms with Crippen molar-refractivity contribution >= 4 is 25.7 Å². The standard InChI is InChI=1S/C54H93O11P/c1-4-7-10-13-16-19-22-24-25-27-30-33-36-39-42-45-54(58)65-51(47-61-52(56)43-40-37-34-31-29-26-23-20-17-14-11-8-5-2)49-63-66(59,60)62-48-50(46-55)64-53(57)44-41-38-35-32-28-21-18-15-12-9-6-3/h7-8,10-11,16-17,19-20,24-26,29,50-51,55H,4-6,9,12-15,18,21-23,27-28,30-49H2,1-3H3,(H,59,60)/b10-7-,11-8-,19-16-,20-17-,25-24-,29-26-. The molecule has 0 amide bonds. The normalized spacial score (nSPS) is 14.1. The first-order chi connectivity index (χ1) is 32.2. The van der Waals surface area contributed by atoms with Gasteiger partial charge in [0.25, 0.3) is 0 Å². The molecule has 0 spiro atoms. The van der Waals surface area contributed by atoms with Gasteiger partial charge in [-0.05, 0) is 83.5 Å². The summed E-state index contributed by atoms with van der Waals surface area (Å²) in [6.45, 7) is 4.34. The van der Waals surface area contributed by atoms with Crippen LogP contribution < -0.4 is 0 Å². The third-order valence-corrected chi connectivity index (χ3v) is 11.6. The maximum atomic E-state index is 12.8. The Kier molecular flexibility index (Phi) is 46.1. The number of carbonyl (C=O) groups excluding carboxylic acids is 3. The number of phosphoric acid groups is 1. The average molecular weight is 949 g/mol. The molecule has 0 aromatic rings. The van der Waals surface area contributed by atoms with Crippen LogP contribution in [0, 0.1) is 0 Å². The molecule has 0 radical (unpaired) electrons. The summed E-state index contributed by atoms with van der Waals surface area (Å²) in [5.41, 5.74) is 0. The van der Waals surface area contributed by atoms with Crippen LogP contribution in [-0.4, -0.2) is 66.5 Å². The Morgan fingerprint density at radius 2 is 0.788 bits per heavy atom. The van der Waals surface area contributed by atoms with Crippen LogP contribution in [0.3, 0.4) is 0 Å². The smallest absolute Gasteiger partial charge is 0.462 e. The number of aliphatic hydroxyl groups is 1. The molecule has 0 saturated heterocycles. The zero-order valence-electron chi connectivity index (χ0n) is 41.6. The quantitative estimate of drug-likeness (QED) is 0.0197. The molecule has 0 aromatic heterocycles. The number of phosphoric ester groups is 1. The first-order valence-electron chi connectivity index (χ1n) is 25.8. The van der Waals surface area contributed by atoms with Crippen LogP contribution in [0.1, 0.15) is 213 Å². The van der Waals surface area contributed by atoms with Gasteiger partial charge < -0.3 is 24.2 Å². The Morgan fingerprint density at radius 1 is 0.439 bits per heavy atom. The molecule has 0 aromatic carbocycles. The highest BCUT2D eigenvalue weighted by Gasteiger charge is 2.28. The van der Waals surface area contributed by atoms with Gasteiger partial charge in [0.05, 0.1) is 19.8 Å². The van der Waals surface area contributed by atoms with Gasteiger partial charge in [-0.1, -0.05) is 184 Å². The lowest BCUT2D eigenvalue weighted by Crippen LogP contribution is -2.30. The van der Waals surface area contributed by atoms with E-state index in [1.165, 1.54) is 44.9 Å². The monoisotopic (exact) mass is 949 g/mol. The minimum Gasteiger partial charge on any atom is -0.462 e. The summed E-state index contributed by atoms with van der Waals surface area (Å²) in [6, 6.07) is 0. The van der Waals surface area contributed by atoms with Crippen molar-refractivity contribution in [1.29, 1.82) is 0 Å². The minimum absolute atomic E-state index is 0.140. The molecule has 0 aliphatic rings. The second kappa shape index (κ2) is 48.4. The Morgan fingerprint density at radius 3 is 1.23 bits per heavy atom. The molecule has 0 aliphatic carbocycles. The molecule has 380 valence electrons. The molecule has 3 unspecified atom stereocenters. The zero-order chi connectivity index (χ0) is 48.4. The molecule has 66 heavy (non-hydrogen) atoms. The number of esters is 3. The van der Waals surface area contributed by atoms with Gasteiger partial charge in [0.1, 0.15) is 12.7 Å². The average Bonchev–Trinajstić information content (AvgIpc) is 3.30. The van der Waals surface area contributed by atoms with Crippen molar-refractivity contribution in [3.05, 3.63) is 72.9 Å². The van der Waals surface area contributed by atoms with Crippen molar-refractivity contribution in [3.8, 4) is 0 Å². The SMILES string of the molecule is CC/C=C\C/C=C\C/C=C\CCCCCCCC(=O)OC(COC(=O)CCCCC/C=C\C/C=C\C/C=C\CC)COP(=O)(O)OCC(CO)OC(=O)CCCCCCCCCCCCC. The molecule has 3 atom stereocenters. The summed E-state index contributed by atoms with van der Waals surface area (Å²) in [5.74, 6) is -1.52.